The average Bonchev–Trinajstić information content (AvgIpc) is 2.72. The van der Waals surface area contributed by atoms with Crippen molar-refractivity contribution in [1.82, 2.24) is 19.7 Å². The van der Waals surface area contributed by atoms with Crippen molar-refractivity contribution in [2.24, 2.45) is 7.05 Å². The summed E-state index contributed by atoms with van der Waals surface area (Å²) in [5.74, 6) is 0.894. The third-order valence-corrected chi connectivity index (χ3v) is 5.31. The summed E-state index contributed by atoms with van der Waals surface area (Å²) in [4.78, 5) is 16.4. The van der Waals surface area contributed by atoms with Crippen LogP contribution in [0, 0.1) is 0 Å². The van der Waals surface area contributed by atoms with Crippen molar-refractivity contribution in [3.63, 3.8) is 0 Å². The summed E-state index contributed by atoms with van der Waals surface area (Å²) in [6.07, 6.45) is 1.83. The number of nitrogens with zero attached hydrogens (tertiary/aromatic N) is 5. The van der Waals surface area contributed by atoms with Gasteiger partial charge in [-0.05, 0) is 35.9 Å². The number of piperazine rings is 1. The van der Waals surface area contributed by atoms with Crippen LogP contribution >= 0.6 is 11.6 Å². The first kappa shape index (κ1) is 18.7. The van der Waals surface area contributed by atoms with Gasteiger partial charge in [-0.15, -0.1) is 10.2 Å². The number of hydrogen-bond donors (Lipinski definition) is 0. The first-order valence-corrected chi connectivity index (χ1v) is 9.69. The van der Waals surface area contributed by atoms with Gasteiger partial charge in [0.05, 0.1) is 5.69 Å². The lowest BCUT2D eigenvalue weighted by atomic mass is 10.1. The predicted molar refractivity (Wildman–Crippen MR) is 112 cm³/mol. The van der Waals surface area contributed by atoms with Crippen LogP contribution in [0.15, 0.2) is 59.5 Å². The molecule has 0 bridgehead atoms. The molecule has 3 aromatic rings. The maximum absolute atomic E-state index is 11.8. The predicted octanol–water partition coefficient (Wildman–Crippen LogP) is 2.82. The Morgan fingerprint density at radius 2 is 1.71 bits per heavy atom. The van der Waals surface area contributed by atoms with E-state index in [0.717, 1.165) is 55.4 Å². The Balaban J connectivity index is 1.36. The lowest BCUT2D eigenvalue weighted by Crippen LogP contribution is -2.46. The largest absolute Gasteiger partial charge is 0.353 e. The zero-order chi connectivity index (χ0) is 19.5. The second kappa shape index (κ2) is 8.12. The van der Waals surface area contributed by atoms with Gasteiger partial charge in [0.1, 0.15) is 0 Å². The smallest absolute Gasteiger partial charge is 0.250 e. The molecule has 0 radical (unpaired) electrons. The normalized spacial score (nSPS) is 15.0. The van der Waals surface area contributed by atoms with Crippen molar-refractivity contribution < 1.29 is 0 Å². The summed E-state index contributed by atoms with van der Waals surface area (Å²) in [6.45, 7) is 4.43. The second-order valence-electron chi connectivity index (χ2n) is 7.03. The van der Waals surface area contributed by atoms with Crippen molar-refractivity contribution in [3.8, 4) is 11.3 Å². The number of aromatic nitrogens is 3. The SMILES string of the molecule is Cn1ccc(CN2CCN(c3ccc(-c4ccc(Cl)cc4)nn3)CC2)cc1=O. The van der Waals surface area contributed by atoms with Gasteiger partial charge in [0.2, 0.25) is 0 Å². The third-order valence-electron chi connectivity index (χ3n) is 5.06. The van der Waals surface area contributed by atoms with Crippen LogP contribution in [0.1, 0.15) is 5.56 Å². The standard InChI is InChI=1S/C21H22ClN5O/c1-25-9-8-16(14-21(25)28)15-26-10-12-27(13-11-26)20-7-6-19(23-24-20)17-2-4-18(22)5-3-17/h2-9,14H,10-13,15H2,1H3. The van der Waals surface area contributed by atoms with Gasteiger partial charge >= 0.3 is 0 Å². The van der Waals surface area contributed by atoms with Crippen LogP contribution in [0.3, 0.4) is 0 Å². The number of benzene rings is 1. The van der Waals surface area contributed by atoms with Crippen molar-refractivity contribution in [2.75, 3.05) is 31.1 Å². The lowest BCUT2D eigenvalue weighted by Gasteiger charge is -2.35. The monoisotopic (exact) mass is 395 g/mol. The Bertz CT molecular complexity index is 993. The molecule has 0 saturated carbocycles. The van der Waals surface area contributed by atoms with Crippen molar-refractivity contribution in [2.45, 2.75) is 6.54 Å². The first-order chi connectivity index (χ1) is 13.6. The molecule has 0 amide bonds. The van der Waals surface area contributed by atoms with E-state index >= 15 is 0 Å². The van der Waals surface area contributed by atoms with E-state index in [1.165, 1.54) is 0 Å². The Morgan fingerprint density at radius 1 is 0.964 bits per heavy atom. The summed E-state index contributed by atoms with van der Waals surface area (Å²) >= 11 is 5.94. The highest BCUT2D eigenvalue weighted by molar-refractivity contribution is 6.30. The maximum Gasteiger partial charge on any atom is 0.250 e. The molecule has 1 fully saturated rings. The summed E-state index contributed by atoms with van der Waals surface area (Å²) in [5.41, 5.74) is 2.93. The molecule has 144 valence electrons. The zero-order valence-corrected chi connectivity index (χ0v) is 16.5. The highest BCUT2D eigenvalue weighted by Gasteiger charge is 2.18. The summed E-state index contributed by atoms with van der Waals surface area (Å²) in [6, 6.07) is 15.3. The van der Waals surface area contributed by atoms with E-state index in [-0.39, 0.29) is 5.56 Å². The minimum absolute atomic E-state index is 0.0344. The van der Waals surface area contributed by atoms with Crippen LogP contribution in [-0.4, -0.2) is 45.8 Å². The van der Waals surface area contributed by atoms with Crippen molar-refractivity contribution in [3.05, 3.63) is 75.7 Å². The van der Waals surface area contributed by atoms with E-state index in [1.807, 2.05) is 48.7 Å². The number of rotatable bonds is 4. The highest BCUT2D eigenvalue weighted by Crippen LogP contribution is 2.21. The van der Waals surface area contributed by atoms with E-state index in [9.17, 15) is 4.79 Å². The molecule has 0 spiro atoms. The molecule has 0 atom stereocenters. The first-order valence-electron chi connectivity index (χ1n) is 9.31. The number of aryl methyl sites for hydroxylation is 1. The van der Waals surface area contributed by atoms with Crippen LogP contribution in [0.5, 0.6) is 0 Å². The molecule has 1 aliphatic rings. The van der Waals surface area contributed by atoms with E-state index in [2.05, 4.69) is 20.0 Å². The number of anilines is 1. The molecule has 0 unspecified atom stereocenters. The van der Waals surface area contributed by atoms with Gasteiger partial charge in [0.25, 0.3) is 5.56 Å². The van der Waals surface area contributed by atoms with E-state index in [0.29, 0.717) is 5.02 Å². The highest BCUT2D eigenvalue weighted by atomic mass is 35.5. The van der Waals surface area contributed by atoms with Gasteiger partial charge < -0.3 is 9.47 Å². The molecule has 1 saturated heterocycles. The summed E-state index contributed by atoms with van der Waals surface area (Å²) in [7, 11) is 1.77. The molecule has 0 N–H and O–H groups in total. The zero-order valence-electron chi connectivity index (χ0n) is 15.8. The molecule has 7 heteroatoms. The average molecular weight is 396 g/mol. The summed E-state index contributed by atoms with van der Waals surface area (Å²) < 4.78 is 1.59. The van der Waals surface area contributed by atoms with E-state index in [4.69, 9.17) is 11.6 Å². The van der Waals surface area contributed by atoms with Crippen LogP contribution in [0.2, 0.25) is 5.02 Å². The minimum atomic E-state index is 0.0344. The molecular weight excluding hydrogens is 374 g/mol. The van der Waals surface area contributed by atoms with Crippen molar-refractivity contribution in [1.29, 1.82) is 0 Å². The molecule has 4 rings (SSSR count). The molecule has 6 nitrogen and oxygen atoms in total. The van der Waals surface area contributed by atoms with Gasteiger partial charge in [-0.2, -0.15) is 0 Å². The van der Waals surface area contributed by atoms with Gasteiger partial charge in [0.15, 0.2) is 5.82 Å². The maximum atomic E-state index is 11.8. The second-order valence-corrected chi connectivity index (χ2v) is 7.47. The molecule has 2 aromatic heterocycles. The molecule has 0 aliphatic carbocycles. The minimum Gasteiger partial charge on any atom is -0.353 e. The third kappa shape index (κ3) is 4.24. The molecule has 1 aliphatic heterocycles. The molecule has 28 heavy (non-hydrogen) atoms. The van der Waals surface area contributed by atoms with Crippen molar-refractivity contribution >= 4 is 17.4 Å². The van der Waals surface area contributed by atoms with E-state index < -0.39 is 0 Å². The van der Waals surface area contributed by atoms with Gasteiger partial charge in [-0.25, -0.2) is 0 Å². The number of hydrogen-bond acceptors (Lipinski definition) is 5. The topological polar surface area (TPSA) is 54.3 Å². The van der Waals surface area contributed by atoms with E-state index in [1.54, 1.807) is 17.7 Å². The van der Waals surface area contributed by atoms with Crippen LogP contribution < -0.4 is 10.5 Å². The fraction of sp³-hybridized carbons (Fsp3) is 0.286. The fourth-order valence-corrected chi connectivity index (χ4v) is 3.48. The quantitative estimate of drug-likeness (QED) is 0.680. The van der Waals surface area contributed by atoms with Gasteiger partial charge in [-0.3, -0.25) is 9.69 Å². The fourth-order valence-electron chi connectivity index (χ4n) is 3.35. The van der Waals surface area contributed by atoms with Gasteiger partial charge in [-0.1, -0.05) is 23.7 Å². The van der Waals surface area contributed by atoms with Crippen LogP contribution in [-0.2, 0) is 13.6 Å². The molecule has 1 aromatic carbocycles. The Kier molecular flexibility index (Phi) is 5.41. The van der Waals surface area contributed by atoms with Gasteiger partial charge in [0, 0.05) is 62.6 Å². The molecule has 3 heterocycles. The van der Waals surface area contributed by atoms with Crippen LogP contribution in [0.25, 0.3) is 11.3 Å². The summed E-state index contributed by atoms with van der Waals surface area (Å²) in [5, 5.41) is 9.50. The Hall–Kier alpha value is -2.70. The Morgan fingerprint density at radius 3 is 2.36 bits per heavy atom. The number of pyridine rings is 1. The Labute approximate surface area is 169 Å². The lowest BCUT2D eigenvalue weighted by molar-refractivity contribution is 0.249. The molecular formula is C21H22ClN5O. The van der Waals surface area contributed by atoms with Crippen LogP contribution in [0.4, 0.5) is 5.82 Å². The number of halogens is 1.